The van der Waals surface area contributed by atoms with Crippen LogP contribution in [0.2, 0.25) is 0 Å². The Bertz CT molecular complexity index is 635. The molecule has 0 saturated carbocycles. The molecule has 0 bridgehead atoms. The van der Waals surface area contributed by atoms with Crippen molar-refractivity contribution < 1.29 is 4.39 Å². The smallest absolute Gasteiger partial charge is 0.124 e. The standard InChI is InChI=1S/C16H15FN2S/c1-2-19-11-12-6-7-16(13(8-12)10-18)20-15-5-3-4-14(17)9-15/h3-9,19H,2,11H2,1H3. The van der Waals surface area contributed by atoms with Gasteiger partial charge in [-0.25, -0.2) is 4.39 Å². The summed E-state index contributed by atoms with van der Waals surface area (Å²) < 4.78 is 13.2. The monoisotopic (exact) mass is 286 g/mol. The van der Waals surface area contributed by atoms with Gasteiger partial charge in [-0.2, -0.15) is 5.26 Å². The lowest BCUT2D eigenvalue weighted by Crippen LogP contribution is -2.11. The van der Waals surface area contributed by atoms with E-state index in [-0.39, 0.29) is 5.82 Å². The molecular formula is C16H15FN2S. The SMILES string of the molecule is CCNCc1ccc(Sc2cccc(F)c2)c(C#N)c1. The molecule has 4 heteroatoms. The van der Waals surface area contributed by atoms with E-state index in [2.05, 4.69) is 11.4 Å². The summed E-state index contributed by atoms with van der Waals surface area (Å²) >= 11 is 1.40. The molecule has 1 N–H and O–H groups in total. The minimum absolute atomic E-state index is 0.266. The summed E-state index contributed by atoms with van der Waals surface area (Å²) in [5, 5.41) is 12.5. The fraction of sp³-hybridized carbons (Fsp3) is 0.188. The Balaban J connectivity index is 2.22. The summed E-state index contributed by atoms with van der Waals surface area (Å²) in [6.45, 7) is 3.68. The largest absolute Gasteiger partial charge is 0.313 e. The second-order valence-corrected chi connectivity index (χ2v) is 5.40. The van der Waals surface area contributed by atoms with Gasteiger partial charge in [0.05, 0.1) is 5.56 Å². The first-order valence-electron chi connectivity index (χ1n) is 6.40. The van der Waals surface area contributed by atoms with Crippen LogP contribution < -0.4 is 5.32 Å². The highest BCUT2D eigenvalue weighted by atomic mass is 32.2. The summed E-state index contributed by atoms with van der Waals surface area (Å²) in [6, 6.07) is 14.4. The molecule has 0 atom stereocenters. The Morgan fingerprint density at radius 2 is 2.10 bits per heavy atom. The molecule has 2 aromatic carbocycles. The van der Waals surface area contributed by atoms with E-state index in [1.54, 1.807) is 6.07 Å². The Hall–Kier alpha value is -1.83. The van der Waals surface area contributed by atoms with Crippen LogP contribution in [0.25, 0.3) is 0 Å². The van der Waals surface area contributed by atoms with Crippen LogP contribution >= 0.6 is 11.8 Å². The van der Waals surface area contributed by atoms with E-state index >= 15 is 0 Å². The molecule has 0 aliphatic rings. The van der Waals surface area contributed by atoms with Crippen molar-refractivity contribution in [1.29, 1.82) is 5.26 Å². The number of nitriles is 1. The maximum absolute atomic E-state index is 13.2. The first-order chi connectivity index (χ1) is 9.72. The number of nitrogens with one attached hydrogen (secondary N) is 1. The van der Waals surface area contributed by atoms with Gasteiger partial charge >= 0.3 is 0 Å². The third-order valence-corrected chi connectivity index (χ3v) is 3.83. The molecule has 0 fully saturated rings. The van der Waals surface area contributed by atoms with Crippen LogP contribution in [0, 0.1) is 17.1 Å². The number of hydrogen-bond donors (Lipinski definition) is 1. The maximum atomic E-state index is 13.2. The summed E-state index contributed by atoms with van der Waals surface area (Å²) in [7, 11) is 0. The lowest BCUT2D eigenvalue weighted by molar-refractivity contribution is 0.624. The van der Waals surface area contributed by atoms with Gasteiger partial charge in [0.2, 0.25) is 0 Å². The Morgan fingerprint density at radius 3 is 2.80 bits per heavy atom. The molecule has 0 saturated heterocycles. The van der Waals surface area contributed by atoms with E-state index in [1.807, 2.05) is 31.2 Å². The van der Waals surface area contributed by atoms with Gasteiger partial charge in [0, 0.05) is 16.3 Å². The van der Waals surface area contributed by atoms with E-state index < -0.39 is 0 Å². The van der Waals surface area contributed by atoms with Gasteiger partial charge in [-0.05, 0) is 42.4 Å². The molecule has 0 amide bonds. The van der Waals surface area contributed by atoms with Crippen LogP contribution in [0.5, 0.6) is 0 Å². The average molecular weight is 286 g/mol. The lowest BCUT2D eigenvalue weighted by atomic mass is 10.1. The van der Waals surface area contributed by atoms with Gasteiger partial charge in [-0.15, -0.1) is 0 Å². The number of nitrogens with zero attached hydrogens (tertiary/aromatic N) is 1. The quantitative estimate of drug-likeness (QED) is 0.903. The third kappa shape index (κ3) is 3.83. The Morgan fingerprint density at radius 1 is 1.25 bits per heavy atom. The van der Waals surface area contributed by atoms with Crippen molar-refractivity contribution >= 4 is 11.8 Å². The summed E-state index contributed by atoms with van der Waals surface area (Å²) in [5.41, 5.74) is 1.70. The number of halogens is 1. The van der Waals surface area contributed by atoms with Gasteiger partial charge in [0.25, 0.3) is 0 Å². The summed E-state index contributed by atoms with van der Waals surface area (Å²) in [5.74, 6) is -0.266. The first-order valence-corrected chi connectivity index (χ1v) is 7.21. The van der Waals surface area contributed by atoms with E-state index in [0.29, 0.717) is 5.56 Å². The topological polar surface area (TPSA) is 35.8 Å². The van der Waals surface area contributed by atoms with Gasteiger partial charge in [0.15, 0.2) is 0 Å². The molecule has 20 heavy (non-hydrogen) atoms. The molecule has 0 spiro atoms. The average Bonchev–Trinajstić information content (AvgIpc) is 2.46. The van der Waals surface area contributed by atoms with Gasteiger partial charge in [-0.1, -0.05) is 30.8 Å². The van der Waals surface area contributed by atoms with E-state index in [0.717, 1.165) is 28.4 Å². The predicted molar refractivity (Wildman–Crippen MR) is 79.1 cm³/mol. The molecule has 2 rings (SSSR count). The molecule has 0 radical (unpaired) electrons. The zero-order valence-corrected chi connectivity index (χ0v) is 12.0. The molecule has 0 aliphatic carbocycles. The maximum Gasteiger partial charge on any atom is 0.124 e. The zero-order valence-electron chi connectivity index (χ0n) is 11.2. The predicted octanol–water partition coefficient (Wildman–Crippen LogP) is 3.96. The first kappa shape index (κ1) is 14.6. The number of hydrogen-bond acceptors (Lipinski definition) is 3. The van der Waals surface area contributed by atoms with Gasteiger partial charge in [-0.3, -0.25) is 0 Å². The zero-order chi connectivity index (χ0) is 14.4. The highest BCUT2D eigenvalue weighted by molar-refractivity contribution is 7.99. The van der Waals surface area contributed by atoms with Crippen LogP contribution in [0.1, 0.15) is 18.1 Å². The van der Waals surface area contributed by atoms with E-state index in [1.165, 1.54) is 23.9 Å². The molecule has 2 aromatic rings. The molecule has 0 aliphatic heterocycles. The number of rotatable bonds is 5. The lowest BCUT2D eigenvalue weighted by Gasteiger charge is -2.07. The second-order valence-electron chi connectivity index (χ2n) is 4.28. The van der Waals surface area contributed by atoms with Gasteiger partial charge < -0.3 is 5.32 Å². The normalized spacial score (nSPS) is 10.2. The second kappa shape index (κ2) is 7.09. The summed E-state index contributed by atoms with van der Waals surface area (Å²) in [4.78, 5) is 1.64. The van der Waals surface area contributed by atoms with Crippen LogP contribution in [0.3, 0.4) is 0 Å². The van der Waals surface area contributed by atoms with Crippen LogP contribution in [0.4, 0.5) is 4.39 Å². The van der Waals surface area contributed by atoms with Crippen molar-refractivity contribution in [2.24, 2.45) is 0 Å². The molecular weight excluding hydrogens is 271 g/mol. The van der Waals surface area contributed by atoms with Crippen molar-refractivity contribution in [2.45, 2.75) is 23.3 Å². The van der Waals surface area contributed by atoms with E-state index in [9.17, 15) is 9.65 Å². The highest BCUT2D eigenvalue weighted by Crippen LogP contribution is 2.31. The highest BCUT2D eigenvalue weighted by Gasteiger charge is 2.06. The van der Waals surface area contributed by atoms with Crippen molar-refractivity contribution in [3.8, 4) is 6.07 Å². The molecule has 102 valence electrons. The fourth-order valence-corrected chi connectivity index (χ4v) is 2.71. The van der Waals surface area contributed by atoms with Crippen molar-refractivity contribution in [3.63, 3.8) is 0 Å². The Labute approximate surface area is 122 Å². The minimum Gasteiger partial charge on any atom is -0.313 e. The van der Waals surface area contributed by atoms with Gasteiger partial charge in [0.1, 0.15) is 11.9 Å². The van der Waals surface area contributed by atoms with Crippen LogP contribution in [-0.2, 0) is 6.54 Å². The van der Waals surface area contributed by atoms with Crippen LogP contribution in [-0.4, -0.2) is 6.54 Å². The van der Waals surface area contributed by atoms with Crippen molar-refractivity contribution in [2.75, 3.05) is 6.54 Å². The van der Waals surface area contributed by atoms with E-state index in [4.69, 9.17) is 0 Å². The molecule has 0 heterocycles. The summed E-state index contributed by atoms with van der Waals surface area (Å²) in [6.07, 6.45) is 0. The number of benzene rings is 2. The minimum atomic E-state index is -0.266. The van der Waals surface area contributed by atoms with Crippen LogP contribution in [0.15, 0.2) is 52.3 Å². The fourth-order valence-electron chi connectivity index (χ4n) is 1.79. The Kier molecular flexibility index (Phi) is 5.16. The molecule has 0 unspecified atom stereocenters. The molecule has 2 nitrogen and oxygen atoms in total. The van der Waals surface area contributed by atoms with Crippen molar-refractivity contribution in [1.82, 2.24) is 5.32 Å². The van der Waals surface area contributed by atoms with Crippen molar-refractivity contribution in [3.05, 3.63) is 59.4 Å². The molecule has 0 aromatic heterocycles. The third-order valence-electron chi connectivity index (χ3n) is 2.77.